The van der Waals surface area contributed by atoms with Crippen LogP contribution in [-0.2, 0) is 19.1 Å². The quantitative estimate of drug-likeness (QED) is 0.616. The monoisotopic (exact) mass is 435 g/mol. The first-order valence-electron chi connectivity index (χ1n) is 10.6. The van der Waals surface area contributed by atoms with Gasteiger partial charge >= 0.3 is 5.97 Å². The van der Waals surface area contributed by atoms with Crippen LogP contribution in [0.4, 0.5) is 0 Å². The topological polar surface area (TPSA) is 105 Å². The maximum atomic E-state index is 13.0. The number of hydrogen-bond acceptors (Lipinski definition) is 5. The van der Waals surface area contributed by atoms with E-state index in [2.05, 4.69) is 10.6 Å². The number of ether oxygens (including phenoxy) is 1. The molecule has 4 rings (SSSR count). The number of nitrogens with zero attached hydrogens (tertiary/aromatic N) is 1. The summed E-state index contributed by atoms with van der Waals surface area (Å²) in [4.78, 5) is 51.8. The molecule has 8 nitrogen and oxygen atoms in total. The van der Waals surface area contributed by atoms with Crippen LogP contribution in [0.1, 0.15) is 52.8 Å². The molecule has 2 atom stereocenters. The van der Waals surface area contributed by atoms with E-state index >= 15 is 0 Å². The molecule has 1 saturated carbocycles. The molecule has 3 amide bonds. The lowest BCUT2D eigenvalue weighted by molar-refractivity contribution is -0.141. The van der Waals surface area contributed by atoms with Gasteiger partial charge in [0.2, 0.25) is 11.8 Å². The Kier molecular flexibility index (Phi) is 6.20. The fraction of sp³-hybridized carbons (Fsp3) is 0.333. The normalized spacial score (nSPS) is 18.0. The largest absolute Gasteiger partial charge is 0.469 e. The molecule has 2 N–H and O–H groups in total. The molecule has 0 unspecified atom stereocenters. The molecule has 8 heteroatoms. The molecule has 0 radical (unpaired) electrons. The summed E-state index contributed by atoms with van der Waals surface area (Å²) in [5, 5.41) is 5.45. The van der Waals surface area contributed by atoms with Crippen molar-refractivity contribution in [1.29, 1.82) is 0 Å². The Hall–Kier alpha value is -3.68. The van der Waals surface area contributed by atoms with Gasteiger partial charge in [-0.15, -0.1) is 0 Å². The number of methoxy groups -OCH3 is 1. The number of carbonyl (C=O) groups excluding carboxylic acids is 4. The van der Waals surface area contributed by atoms with E-state index in [0.717, 1.165) is 18.4 Å². The van der Waals surface area contributed by atoms with Gasteiger partial charge in [-0.05, 0) is 30.0 Å². The average Bonchev–Trinajstić information content (AvgIpc) is 3.61. The highest BCUT2D eigenvalue weighted by Gasteiger charge is 2.47. The predicted molar refractivity (Wildman–Crippen MR) is 115 cm³/mol. The van der Waals surface area contributed by atoms with Crippen molar-refractivity contribution in [2.24, 2.45) is 0 Å². The van der Waals surface area contributed by atoms with E-state index in [9.17, 15) is 19.2 Å². The lowest BCUT2D eigenvalue weighted by atomic mass is 10.0. The highest BCUT2D eigenvalue weighted by molar-refractivity contribution is 6.05. The minimum atomic E-state index is -0.737. The van der Waals surface area contributed by atoms with Gasteiger partial charge in [-0.3, -0.25) is 19.2 Å². The molecule has 166 valence electrons. The van der Waals surface area contributed by atoms with Crippen LogP contribution in [0, 0.1) is 0 Å². The van der Waals surface area contributed by atoms with Crippen molar-refractivity contribution in [3.8, 4) is 0 Å². The first kappa shape index (κ1) is 21.5. The Bertz CT molecular complexity index is 1030. The highest BCUT2D eigenvalue weighted by Crippen LogP contribution is 2.41. The van der Waals surface area contributed by atoms with Crippen LogP contribution >= 0.6 is 0 Å². The average molecular weight is 435 g/mol. The molecule has 0 bridgehead atoms. The van der Waals surface area contributed by atoms with Gasteiger partial charge in [-0.1, -0.05) is 48.5 Å². The maximum Gasteiger partial charge on any atom is 0.307 e. The van der Waals surface area contributed by atoms with Gasteiger partial charge in [0, 0.05) is 11.6 Å². The lowest BCUT2D eigenvalue weighted by Gasteiger charge is -2.24. The lowest BCUT2D eigenvalue weighted by Crippen LogP contribution is -2.44. The second kappa shape index (κ2) is 9.21. The molecular weight excluding hydrogens is 410 g/mol. The smallest absolute Gasteiger partial charge is 0.307 e. The molecular formula is C24H25N3O5. The molecule has 1 aliphatic heterocycles. The second-order valence-electron chi connectivity index (χ2n) is 7.96. The Morgan fingerprint density at radius 2 is 1.75 bits per heavy atom. The van der Waals surface area contributed by atoms with E-state index in [-0.39, 0.29) is 24.9 Å². The third-order valence-electron chi connectivity index (χ3n) is 5.75. The fourth-order valence-corrected chi connectivity index (χ4v) is 4.03. The number of esters is 1. The summed E-state index contributed by atoms with van der Waals surface area (Å²) < 4.78 is 4.74. The van der Waals surface area contributed by atoms with Crippen molar-refractivity contribution >= 4 is 23.7 Å². The summed E-state index contributed by atoms with van der Waals surface area (Å²) >= 11 is 0. The predicted octanol–water partition coefficient (Wildman–Crippen LogP) is 1.88. The van der Waals surface area contributed by atoms with Crippen LogP contribution < -0.4 is 10.6 Å². The van der Waals surface area contributed by atoms with Crippen LogP contribution in [-0.4, -0.2) is 48.3 Å². The molecule has 2 aromatic rings. The van der Waals surface area contributed by atoms with E-state index in [1.807, 2.05) is 18.2 Å². The van der Waals surface area contributed by atoms with Gasteiger partial charge < -0.3 is 20.3 Å². The van der Waals surface area contributed by atoms with E-state index in [1.54, 1.807) is 41.3 Å². The number of fused-ring (bicyclic) bond motifs is 1. The van der Waals surface area contributed by atoms with Gasteiger partial charge in [-0.25, -0.2) is 0 Å². The number of benzene rings is 2. The number of nitrogens with one attached hydrogen (secondary N) is 2. The van der Waals surface area contributed by atoms with Crippen molar-refractivity contribution in [2.75, 3.05) is 13.7 Å². The molecule has 1 heterocycles. The minimum absolute atomic E-state index is 0.0276. The van der Waals surface area contributed by atoms with E-state index < -0.39 is 29.9 Å². The van der Waals surface area contributed by atoms with Crippen LogP contribution in [0.2, 0.25) is 0 Å². The summed E-state index contributed by atoms with van der Waals surface area (Å²) in [5.74, 6) is -1.43. The Morgan fingerprint density at radius 3 is 2.44 bits per heavy atom. The molecule has 2 aromatic carbocycles. The summed E-state index contributed by atoms with van der Waals surface area (Å²) in [6, 6.07) is 14.9. The molecule has 0 saturated heterocycles. The number of hydrogen-bond donors (Lipinski definition) is 2. The summed E-state index contributed by atoms with van der Waals surface area (Å²) in [6.45, 7) is -0.269. The molecule has 32 heavy (non-hydrogen) atoms. The number of amides is 3. The van der Waals surface area contributed by atoms with Crippen molar-refractivity contribution < 1.29 is 23.9 Å². The zero-order valence-electron chi connectivity index (χ0n) is 17.7. The maximum absolute atomic E-state index is 13.0. The van der Waals surface area contributed by atoms with E-state index in [0.29, 0.717) is 11.1 Å². The van der Waals surface area contributed by atoms with Gasteiger partial charge in [0.25, 0.3) is 5.91 Å². The first-order valence-corrected chi connectivity index (χ1v) is 10.6. The van der Waals surface area contributed by atoms with Crippen molar-refractivity contribution in [1.82, 2.24) is 15.5 Å². The van der Waals surface area contributed by atoms with Crippen molar-refractivity contribution in [2.45, 2.75) is 37.4 Å². The van der Waals surface area contributed by atoms with Crippen LogP contribution in [0.5, 0.6) is 0 Å². The van der Waals surface area contributed by atoms with Gasteiger partial charge in [0.05, 0.1) is 26.1 Å². The molecule has 0 spiro atoms. The summed E-state index contributed by atoms with van der Waals surface area (Å²) in [5.41, 5.74) is 1.95. The highest BCUT2D eigenvalue weighted by atomic mass is 16.5. The van der Waals surface area contributed by atoms with E-state index in [4.69, 9.17) is 4.74 Å². The van der Waals surface area contributed by atoms with Gasteiger partial charge in [0.1, 0.15) is 6.04 Å². The third-order valence-corrected chi connectivity index (χ3v) is 5.75. The van der Waals surface area contributed by atoms with E-state index in [1.165, 1.54) is 7.11 Å². The minimum Gasteiger partial charge on any atom is -0.469 e. The molecule has 1 aliphatic carbocycles. The van der Waals surface area contributed by atoms with Gasteiger partial charge in [0.15, 0.2) is 0 Å². The Balaban J connectivity index is 1.42. The standard InChI is InChI=1S/C24H25N3O5/c1-32-21(29)13-19(15-7-3-2-4-8-15)26-20(28)14-25-23(30)22-17-9-5-6-10-18(17)24(31)27(22)16-11-12-16/h2-10,16,19,22H,11-14H2,1H3,(H,25,30)(H,26,28)/t19-,22+/m1/s1. The molecule has 0 aromatic heterocycles. The Morgan fingerprint density at radius 1 is 1.06 bits per heavy atom. The zero-order valence-corrected chi connectivity index (χ0v) is 17.7. The van der Waals surface area contributed by atoms with Crippen molar-refractivity contribution in [3.63, 3.8) is 0 Å². The second-order valence-corrected chi connectivity index (χ2v) is 7.96. The van der Waals surface area contributed by atoms with Crippen molar-refractivity contribution in [3.05, 3.63) is 71.3 Å². The fourth-order valence-electron chi connectivity index (χ4n) is 4.03. The molecule has 1 fully saturated rings. The Labute approximate surface area is 185 Å². The summed E-state index contributed by atoms with van der Waals surface area (Å²) in [7, 11) is 1.29. The third kappa shape index (κ3) is 4.49. The van der Waals surface area contributed by atoms with Crippen LogP contribution in [0.15, 0.2) is 54.6 Å². The number of rotatable bonds is 8. The SMILES string of the molecule is COC(=O)C[C@@H](NC(=O)CNC(=O)[C@@H]1c2ccccc2C(=O)N1C1CC1)c1ccccc1. The van der Waals surface area contributed by atoms with Crippen LogP contribution in [0.3, 0.4) is 0 Å². The van der Waals surface area contributed by atoms with Gasteiger partial charge in [-0.2, -0.15) is 0 Å². The number of carbonyl (C=O) groups is 4. The summed E-state index contributed by atoms with van der Waals surface area (Å²) in [6.07, 6.45) is 1.71. The zero-order chi connectivity index (χ0) is 22.7. The van der Waals surface area contributed by atoms with Crippen LogP contribution in [0.25, 0.3) is 0 Å². The first-order chi connectivity index (χ1) is 15.5. The molecule has 2 aliphatic rings.